The van der Waals surface area contributed by atoms with E-state index in [9.17, 15) is 4.79 Å². The second-order valence-electron chi connectivity index (χ2n) is 5.43. The molecule has 0 saturated heterocycles. The molecule has 1 aliphatic heterocycles. The first-order chi connectivity index (χ1) is 12.2. The van der Waals surface area contributed by atoms with Gasteiger partial charge in [-0.15, -0.1) is 23.1 Å². The van der Waals surface area contributed by atoms with E-state index in [4.69, 9.17) is 11.6 Å². The van der Waals surface area contributed by atoms with Crippen molar-refractivity contribution >= 4 is 57.0 Å². The Morgan fingerprint density at radius 3 is 2.84 bits per heavy atom. The molecule has 3 aromatic rings. The first-order valence-electron chi connectivity index (χ1n) is 7.73. The van der Waals surface area contributed by atoms with Crippen molar-refractivity contribution in [1.29, 1.82) is 0 Å². The highest BCUT2D eigenvalue weighted by Crippen LogP contribution is 2.40. The Hall–Kier alpha value is -2.02. The van der Waals surface area contributed by atoms with Crippen LogP contribution in [0.1, 0.15) is 9.67 Å². The molecule has 1 amide bonds. The Kier molecular flexibility index (Phi) is 4.65. The van der Waals surface area contributed by atoms with Crippen molar-refractivity contribution in [2.45, 2.75) is 5.03 Å². The average Bonchev–Trinajstić information content (AvgIpc) is 3.13. The molecule has 1 aliphatic rings. The number of anilines is 3. The number of pyridine rings is 1. The maximum absolute atomic E-state index is 12.5. The molecule has 7 heteroatoms. The van der Waals surface area contributed by atoms with Crippen LogP contribution in [0.25, 0.3) is 0 Å². The van der Waals surface area contributed by atoms with Crippen molar-refractivity contribution in [3.63, 3.8) is 0 Å². The van der Waals surface area contributed by atoms with Crippen molar-refractivity contribution in [1.82, 2.24) is 4.98 Å². The number of rotatable bonds is 3. The molecule has 0 fully saturated rings. The van der Waals surface area contributed by atoms with Gasteiger partial charge in [0.15, 0.2) is 0 Å². The molecule has 1 N–H and O–H groups in total. The standard InChI is InChI=1S/C18H14ClN3OS2/c19-12-3-5-13(6-4-12)21-17(23)15-7-8-16(25-15)22-10-11-24-18-14(22)2-1-9-20-18/h1-9H,10-11H2,(H,21,23). The van der Waals surface area contributed by atoms with Crippen molar-refractivity contribution < 1.29 is 4.79 Å². The van der Waals surface area contributed by atoms with Crippen molar-refractivity contribution in [3.8, 4) is 0 Å². The molecule has 126 valence electrons. The molecule has 0 unspecified atom stereocenters. The molecule has 4 nitrogen and oxygen atoms in total. The highest BCUT2D eigenvalue weighted by atomic mass is 35.5. The number of nitrogens with zero attached hydrogens (tertiary/aromatic N) is 2. The van der Waals surface area contributed by atoms with Gasteiger partial charge in [0.2, 0.25) is 0 Å². The summed E-state index contributed by atoms with van der Waals surface area (Å²) in [4.78, 5) is 19.8. The van der Waals surface area contributed by atoms with Crippen LogP contribution in [0.4, 0.5) is 16.4 Å². The fourth-order valence-corrected chi connectivity index (χ4v) is 4.60. The SMILES string of the molecule is O=C(Nc1ccc(Cl)cc1)c1ccc(N2CCSc3ncccc32)s1. The quantitative estimate of drug-likeness (QED) is 0.663. The van der Waals surface area contributed by atoms with Gasteiger partial charge < -0.3 is 10.2 Å². The summed E-state index contributed by atoms with van der Waals surface area (Å²) in [5, 5.41) is 5.63. The molecule has 0 saturated carbocycles. The van der Waals surface area contributed by atoms with Crippen LogP contribution >= 0.6 is 34.7 Å². The Morgan fingerprint density at radius 1 is 1.16 bits per heavy atom. The number of thioether (sulfide) groups is 1. The molecule has 0 aliphatic carbocycles. The van der Waals surface area contributed by atoms with E-state index in [0.29, 0.717) is 9.90 Å². The molecule has 4 rings (SSSR count). The molecular weight excluding hydrogens is 374 g/mol. The lowest BCUT2D eigenvalue weighted by molar-refractivity contribution is 0.103. The predicted octanol–water partition coefficient (Wildman–Crippen LogP) is 5.29. The van der Waals surface area contributed by atoms with Crippen LogP contribution in [0.2, 0.25) is 5.02 Å². The van der Waals surface area contributed by atoms with Crippen LogP contribution in [0, 0.1) is 0 Å². The lowest BCUT2D eigenvalue weighted by Gasteiger charge is -2.28. The molecule has 1 aromatic carbocycles. The van der Waals surface area contributed by atoms with Gasteiger partial charge in [0.1, 0.15) is 5.03 Å². The number of fused-ring (bicyclic) bond motifs is 1. The highest BCUT2D eigenvalue weighted by molar-refractivity contribution is 7.99. The van der Waals surface area contributed by atoms with Gasteiger partial charge in [-0.3, -0.25) is 4.79 Å². The number of amides is 1. The molecule has 2 aromatic heterocycles. The largest absolute Gasteiger partial charge is 0.330 e. The number of hydrogen-bond acceptors (Lipinski definition) is 5. The number of carbonyl (C=O) groups is 1. The van der Waals surface area contributed by atoms with Gasteiger partial charge in [-0.2, -0.15) is 0 Å². The van der Waals surface area contributed by atoms with E-state index < -0.39 is 0 Å². The van der Waals surface area contributed by atoms with Crippen LogP contribution in [-0.2, 0) is 0 Å². The van der Waals surface area contributed by atoms with Gasteiger partial charge >= 0.3 is 0 Å². The number of carbonyl (C=O) groups excluding carboxylic acids is 1. The summed E-state index contributed by atoms with van der Waals surface area (Å²) < 4.78 is 0. The van der Waals surface area contributed by atoms with Crippen LogP contribution in [-0.4, -0.2) is 23.2 Å². The van der Waals surface area contributed by atoms with E-state index in [1.54, 1.807) is 36.0 Å². The monoisotopic (exact) mass is 387 g/mol. The summed E-state index contributed by atoms with van der Waals surface area (Å²) in [5.41, 5.74) is 1.83. The zero-order valence-corrected chi connectivity index (χ0v) is 15.5. The minimum atomic E-state index is -0.114. The fourth-order valence-electron chi connectivity index (χ4n) is 2.60. The third-order valence-corrected chi connectivity index (χ3v) is 6.11. The molecule has 0 spiro atoms. The van der Waals surface area contributed by atoms with Gasteiger partial charge in [-0.1, -0.05) is 11.6 Å². The van der Waals surface area contributed by atoms with Crippen molar-refractivity contribution in [2.75, 3.05) is 22.5 Å². The third kappa shape index (κ3) is 3.51. The second-order valence-corrected chi connectivity index (χ2v) is 8.01. The fraction of sp³-hybridized carbons (Fsp3) is 0.111. The normalized spacial score (nSPS) is 13.4. The Balaban J connectivity index is 1.54. The smallest absolute Gasteiger partial charge is 0.265 e. The highest BCUT2D eigenvalue weighted by Gasteiger charge is 2.21. The summed E-state index contributed by atoms with van der Waals surface area (Å²) >= 11 is 9.12. The van der Waals surface area contributed by atoms with E-state index in [-0.39, 0.29) is 5.91 Å². The average molecular weight is 388 g/mol. The van der Waals surface area contributed by atoms with E-state index in [0.717, 1.165) is 33.7 Å². The second kappa shape index (κ2) is 7.07. The summed E-state index contributed by atoms with van der Waals surface area (Å²) in [6, 6.07) is 15.0. The van der Waals surface area contributed by atoms with E-state index in [1.165, 1.54) is 11.3 Å². The third-order valence-electron chi connectivity index (χ3n) is 3.78. The van der Waals surface area contributed by atoms with Gasteiger partial charge in [0.25, 0.3) is 5.91 Å². The summed E-state index contributed by atoms with van der Waals surface area (Å²) in [6.07, 6.45) is 1.81. The van der Waals surface area contributed by atoms with Crippen LogP contribution in [0.3, 0.4) is 0 Å². The minimum absolute atomic E-state index is 0.114. The zero-order valence-electron chi connectivity index (χ0n) is 13.1. The number of hydrogen-bond donors (Lipinski definition) is 1. The van der Waals surface area contributed by atoms with Crippen molar-refractivity contribution in [2.24, 2.45) is 0 Å². The Labute approximate surface area is 158 Å². The number of benzene rings is 1. The Morgan fingerprint density at radius 2 is 2.00 bits per heavy atom. The van der Waals surface area contributed by atoms with E-state index >= 15 is 0 Å². The van der Waals surface area contributed by atoms with Crippen molar-refractivity contribution in [3.05, 3.63) is 64.6 Å². The van der Waals surface area contributed by atoms with Crippen LogP contribution in [0.15, 0.2) is 59.8 Å². The first-order valence-corrected chi connectivity index (χ1v) is 9.91. The molecule has 3 heterocycles. The molecular formula is C18H14ClN3OS2. The maximum Gasteiger partial charge on any atom is 0.265 e. The first kappa shape index (κ1) is 16.4. The Bertz CT molecular complexity index is 911. The lowest BCUT2D eigenvalue weighted by Crippen LogP contribution is -2.23. The molecule has 0 radical (unpaired) electrons. The zero-order chi connectivity index (χ0) is 17.2. The van der Waals surface area contributed by atoms with Gasteiger partial charge in [-0.25, -0.2) is 4.98 Å². The summed E-state index contributed by atoms with van der Waals surface area (Å²) in [7, 11) is 0. The number of halogens is 1. The molecule has 25 heavy (non-hydrogen) atoms. The summed E-state index contributed by atoms with van der Waals surface area (Å²) in [6.45, 7) is 0.905. The number of nitrogens with one attached hydrogen (secondary N) is 1. The lowest BCUT2D eigenvalue weighted by atomic mass is 10.3. The van der Waals surface area contributed by atoms with Gasteiger partial charge in [-0.05, 0) is 48.5 Å². The summed E-state index contributed by atoms with van der Waals surface area (Å²) in [5.74, 6) is 0.866. The number of thiophene rings is 1. The molecule has 0 bridgehead atoms. The maximum atomic E-state index is 12.5. The van der Waals surface area contributed by atoms with Gasteiger partial charge in [0, 0.05) is 29.2 Å². The van der Waals surface area contributed by atoms with E-state index in [1.807, 2.05) is 24.4 Å². The molecule has 0 atom stereocenters. The van der Waals surface area contributed by atoms with Crippen LogP contribution < -0.4 is 10.2 Å². The predicted molar refractivity (Wildman–Crippen MR) is 106 cm³/mol. The van der Waals surface area contributed by atoms with E-state index in [2.05, 4.69) is 21.3 Å². The van der Waals surface area contributed by atoms with Crippen LogP contribution in [0.5, 0.6) is 0 Å². The van der Waals surface area contributed by atoms with Gasteiger partial charge in [0.05, 0.1) is 15.6 Å². The number of aromatic nitrogens is 1. The topological polar surface area (TPSA) is 45.2 Å². The minimum Gasteiger partial charge on any atom is -0.330 e.